The zero-order valence-corrected chi connectivity index (χ0v) is 16.9. The number of carbonyl (C=O) groups excluding carboxylic acids is 1. The number of ether oxygens (including phenoxy) is 1. The van der Waals surface area contributed by atoms with Crippen LogP contribution in [0.5, 0.6) is 5.75 Å². The van der Waals surface area contributed by atoms with Gasteiger partial charge in [-0.25, -0.2) is 18.4 Å². The van der Waals surface area contributed by atoms with Crippen molar-refractivity contribution >= 4 is 32.5 Å². The first-order valence-corrected chi connectivity index (χ1v) is 9.98. The maximum absolute atomic E-state index is 12.9. The predicted octanol–water partition coefficient (Wildman–Crippen LogP) is 3.80. The quantitative estimate of drug-likeness (QED) is 0.664. The summed E-state index contributed by atoms with van der Waals surface area (Å²) in [5.74, 6) is -0.687. The van der Waals surface area contributed by atoms with E-state index in [1.165, 1.54) is 19.2 Å². The van der Waals surface area contributed by atoms with E-state index >= 15 is 0 Å². The fourth-order valence-electron chi connectivity index (χ4n) is 2.65. The van der Waals surface area contributed by atoms with E-state index in [9.17, 15) is 26.4 Å². The summed E-state index contributed by atoms with van der Waals surface area (Å²) >= 11 is 0. The highest BCUT2D eigenvalue weighted by Gasteiger charge is 2.47. The number of anilines is 1. The first-order valence-electron chi connectivity index (χ1n) is 8.50. The van der Waals surface area contributed by atoms with E-state index in [2.05, 4.69) is 15.3 Å². The lowest BCUT2D eigenvalue weighted by Gasteiger charge is -2.14. The molecule has 1 heterocycles. The van der Waals surface area contributed by atoms with Crippen LogP contribution in [-0.2, 0) is 9.84 Å². The van der Waals surface area contributed by atoms with Crippen molar-refractivity contribution in [2.45, 2.75) is 24.3 Å². The van der Waals surface area contributed by atoms with Crippen molar-refractivity contribution < 1.29 is 31.1 Å². The summed E-state index contributed by atoms with van der Waals surface area (Å²) in [6.45, 7) is 3.57. The number of aromatic nitrogens is 2. The van der Waals surface area contributed by atoms with Gasteiger partial charge >= 0.3 is 5.51 Å². The van der Waals surface area contributed by atoms with Crippen LogP contribution in [0, 0.1) is 13.8 Å². The van der Waals surface area contributed by atoms with Crippen molar-refractivity contribution in [3.05, 3.63) is 53.3 Å². The number of amides is 1. The predicted molar refractivity (Wildman–Crippen MR) is 103 cm³/mol. The van der Waals surface area contributed by atoms with Gasteiger partial charge < -0.3 is 10.1 Å². The minimum absolute atomic E-state index is 0.00322. The smallest absolute Gasteiger partial charge is 0.495 e. The van der Waals surface area contributed by atoms with Gasteiger partial charge in [0.05, 0.1) is 40.1 Å². The summed E-state index contributed by atoms with van der Waals surface area (Å²) in [6, 6.07) is 7.04. The topological polar surface area (TPSA) is 98.2 Å². The van der Waals surface area contributed by atoms with E-state index in [1.807, 2.05) is 0 Å². The third-order valence-electron chi connectivity index (χ3n) is 4.37. The van der Waals surface area contributed by atoms with Gasteiger partial charge in [-0.2, -0.15) is 13.2 Å². The molecule has 0 aliphatic heterocycles. The number of aryl methyl sites for hydroxylation is 2. The number of rotatable bonds is 4. The molecule has 0 aliphatic carbocycles. The summed E-state index contributed by atoms with van der Waals surface area (Å²) in [4.78, 5) is 20.4. The van der Waals surface area contributed by atoms with Gasteiger partial charge in [-0.1, -0.05) is 0 Å². The number of nitrogens with one attached hydrogen (secondary N) is 1. The molecule has 30 heavy (non-hydrogen) atoms. The van der Waals surface area contributed by atoms with Gasteiger partial charge in [-0.3, -0.25) is 4.79 Å². The molecule has 0 radical (unpaired) electrons. The molecule has 1 amide bonds. The van der Waals surface area contributed by atoms with Crippen molar-refractivity contribution in [2.75, 3.05) is 12.4 Å². The third-order valence-corrected chi connectivity index (χ3v) is 5.86. The van der Waals surface area contributed by atoms with Crippen molar-refractivity contribution in [3.8, 4) is 5.75 Å². The second-order valence-corrected chi connectivity index (χ2v) is 8.30. The Morgan fingerprint density at radius 3 is 2.23 bits per heavy atom. The van der Waals surface area contributed by atoms with Gasteiger partial charge in [0.1, 0.15) is 5.75 Å². The van der Waals surface area contributed by atoms with Gasteiger partial charge in [0, 0.05) is 5.56 Å². The highest BCUT2D eigenvalue weighted by Crippen LogP contribution is 2.34. The molecule has 3 aromatic rings. The molecular weight excluding hydrogens is 423 g/mol. The minimum atomic E-state index is -5.59. The number of fused-ring (bicyclic) bond motifs is 1. The lowest BCUT2D eigenvalue weighted by atomic mass is 10.1. The zero-order chi connectivity index (χ0) is 22.3. The van der Waals surface area contributed by atoms with Crippen LogP contribution in [0.2, 0.25) is 0 Å². The SMILES string of the molecule is COc1ccc(S(=O)(=O)C(F)(F)F)cc1NC(=O)c1ccc2nc(C)c(C)nc2c1. The van der Waals surface area contributed by atoms with Crippen molar-refractivity contribution in [3.63, 3.8) is 0 Å². The molecule has 0 atom stereocenters. The zero-order valence-electron chi connectivity index (χ0n) is 16.0. The normalized spacial score (nSPS) is 12.1. The average Bonchev–Trinajstić information content (AvgIpc) is 2.67. The lowest BCUT2D eigenvalue weighted by molar-refractivity contribution is -0.0436. The van der Waals surface area contributed by atoms with E-state index in [4.69, 9.17) is 4.74 Å². The van der Waals surface area contributed by atoms with Crippen molar-refractivity contribution in [1.29, 1.82) is 0 Å². The molecule has 3 rings (SSSR count). The molecule has 11 heteroatoms. The number of sulfone groups is 1. The Morgan fingerprint density at radius 1 is 1.00 bits per heavy atom. The van der Waals surface area contributed by atoms with E-state index in [0.717, 1.165) is 17.8 Å². The Morgan fingerprint density at radius 2 is 1.63 bits per heavy atom. The first kappa shape index (κ1) is 21.5. The van der Waals surface area contributed by atoms with Crippen molar-refractivity contribution in [2.24, 2.45) is 0 Å². The molecule has 0 bridgehead atoms. The van der Waals surface area contributed by atoms with Crippen LogP contribution in [0.1, 0.15) is 21.7 Å². The largest absolute Gasteiger partial charge is 0.501 e. The number of alkyl halides is 3. The summed E-state index contributed by atoms with van der Waals surface area (Å²) < 4.78 is 66.9. The lowest BCUT2D eigenvalue weighted by Crippen LogP contribution is -2.23. The summed E-state index contributed by atoms with van der Waals surface area (Å²) in [5, 5.41) is 2.39. The summed E-state index contributed by atoms with van der Waals surface area (Å²) in [6.07, 6.45) is 0. The van der Waals surface area contributed by atoms with Crippen LogP contribution in [-0.4, -0.2) is 36.9 Å². The Kier molecular flexibility index (Phi) is 5.42. The van der Waals surface area contributed by atoms with Gasteiger partial charge in [-0.05, 0) is 50.2 Å². The molecule has 0 spiro atoms. The average molecular weight is 439 g/mol. The fourth-order valence-corrected chi connectivity index (χ4v) is 3.44. The van der Waals surface area contributed by atoms with Gasteiger partial charge in [0.25, 0.3) is 15.7 Å². The third kappa shape index (κ3) is 3.92. The Balaban J connectivity index is 1.99. The Labute approximate surface area is 169 Å². The molecule has 1 aromatic heterocycles. The van der Waals surface area contributed by atoms with Crippen LogP contribution in [0.15, 0.2) is 41.3 Å². The van der Waals surface area contributed by atoms with E-state index in [1.54, 1.807) is 19.9 Å². The summed E-state index contributed by atoms with van der Waals surface area (Å²) in [5.41, 5.74) is -3.07. The van der Waals surface area contributed by atoms with Crippen molar-refractivity contribution in [1.82, 2.24) is 9.97 Å². The number of benzene rings is 2. The number of halogens is 3. The van der Waals surface area contributed by atoms with Crippen LogP contribution in [0.25, 0.3) is 11.0 Å². The van der Waals surface area contributed by atoms with Crippen LogP contribution in [0.4, 0.5) is 18.9 Å². The highest BCUT2D eigenvalue weighted by atomic mass is 32.2. The van der Waals surface area contributed by atoms with Crippen LogP contribution in [0.3, 0.4) is 0 Å². The molecule has 158 valence electrons. The van der Waals surface area contributed by atoms with Gasteiger partial charge in [0.2, 0.25) is 0 Å². The highest BCUT2D eigenvalue weighted by molar-refractivity contribution is 7.92. The maximum Gasteiger partial charge on any atom is 0.501 e. The van der Waals surface area contributed by atoms with E-state index in [0.29, 0.717) is 22.8 Å². The molecule has 2 aromatic carbocycles. The number of carbonyl (C=O) groups is 1. The van der Waals surface area contributed by atoms with Crippen LogP contribution >= 0.6 is 0 Å². The van der Waals surface area contributed by atoms with Crippen LogP contribution < -0.4 is 10.1 Å². The molecule has 0 unspecified atom stereocenters. The van der Waals surface area contributed by atoms with E-state index in [-0.39, 0.29) is 17.0 Å². The molecule has 0 saturated carbocycles. The maximum atomic E-state index is 12.9. The molecular formula is C19H16F3N3O4S. The Hall–Kier alpha value is -3.21. The second-order valence-electron chi connectivity index (χ2n) is 6.36. The monoisotopic (exact) mass is 439 g/mol. The summed E-state index contributed by atoms with van der Waals surface area (Å²) in [7, 11) is -4.35. The minimum Gasteiger partial charge on any atom is -0.495 e. The first-order chi connectivity index (χ1) is 13.9. The standard InChI is InChI=1S/C19H16F3N3O4S/c1-10-11(2)24-15-8-12(4-6-14(15)23-10)18(26)25-16-9-13(5-7-17(16)29-3)30(27,28)19(20,21)22/h4-9H,1-3H3,(H,25,26). The molecule has 0 saturated heterocycles. The molecule has 7 nitrogen and oxygen atoms in total. The Bertz CT molecular complexity index is 1260. The number of methoxy groups -OCH3 is 1. The number of nitrogens with zero attached hydrogens (tertiary/aromatic N) is 2. The molecule has 1 N–H and O–H groups in total. The van der Waals surface area contributed by atoms with Gasteiger partial charge in [-0.15, -0.1) is 0 Å². The van der Waals surface area contributed by atoms with Gasteiger partial charge in [0.15, 0.2) is 0 Å². The molecule has 0 fully saturated rings. The fraction of sp³-hybridized carbons (Fsp3) is 0.211. The second kappa shape index (κ2) is 7.56. The molecule has 0 aliphatic rings. The number of hydrogen-bond acceptors (Lipinski definition) is 6. The number of hydrogen-bond donors (Lipinski definition) is 1. The van der Waals surface area contributed by atoms with E-state index < -0.39 is 26.1 Å².